The lowest BCUT2D eigenvalue weighted by Gasteiger charge is -2.23. The second-order valence-electron chi connectivity index (χ2n) is 5.35. The van der Waals surface area contributed by atoms with Crippen LogP contribution in [0.15, 0.2) is 23.3 Å². The number of nitrogens with zero attached hydrogens (tertiary/aromatic N) is 3. The first-order valence-electron chi connectivity index (χ1n) is 6.75. The van der Waals surface area contributed by atoms with Crippen LogP contribution in [0, 0.1) is 6.92 Å². The smallest absolute Gasteiger partial charge is 0.261 e. The quantitative estimate of drug-likeness (QED) is 0.870. The van der Waals surface area contributed by atoms with Gasteiger partial charge in [0.15, 0.2) is 0 Å². The van der Waals surface area contributed by atoms with E-state index < -0.39 is 0 Å². The molecule has 0 aliphatic carbocycles. The second-order valence-corrected chi connectivity index (χ2v) is 5.78. The van der Waals surface area contributed by atoms with Crippen LogP contribution < -0.4 is 5.56 Å². The van der Waals surface area contributed by atoms with Crippen molar-refractivity contribution in [3.63, 3.8) is 0 Å². The molecule has 0 aliphatic rings. The van der Waals surface area contributed by atoms with E-state index in [1.807, 2.05) is 27.1 Å². The zero-order valence-corrected chi connectivity index (χ0v) is 13.1. The Labute approximate surface area is 124 Å². The number of aryl methyl sites for hydroxylation is 1. The Morgan fingerprint density at radius 2 is 2.10 bits per heavy atom. The van der Waals surface area contributed by atoms with Gasteiger partial charge in [0.25, 0.3) is 5.56 Å². The van der Waals surface area contributed by atoms with Gasteiger partial charge in [-0.3, -0.25) is 9.36 Å². The number of aromatic nitrogens is 2. The molecule has 2 rings (SSSR count). The molecule has 5 heteroatoms. The summed E-state index contributed by atoms with van der Waals surface area (Å²) in [6, 6.07) is 3.84. The van der Waals surface area contributed by atoms with E-state index in [2.05, 4.69) is 16.8 Å². The van der Waals surface area contributed by atoms with Gasteiger partial charge in [-0.2, -0.15) is 0 Å². The van der Waals surface area contributed by atoms with E-state index in [9.17, 15) is 4.79 Å². The van der Waals surface area contributed by atoms with E-state index >= 15 is 0 Å². The molecule has 0 bridgehead atoms. The number of benzene rings is 1. The van der Waals surface area contributed by atoms with Crippen molar-refractivity contribution >= 4 is 22.5 Å². The number of hydrogen-bond donors (Lipinski definition) is 0. The lowest BCUT2D eigenvalue weighted by Crippen LogP contribution is -2.35. The number of hydrogen-bond acceptors (Lipinski definition) is 3. The molecule has 0 aliphatic heterocycles. The first kappa shape index (κ1) is 15.0. The van der Waals surface area contributed by atoms with Crippen LogP contribution in [-0.2, 0) is 6.54 Å². The summed E-state index contributed by atoms with van der Waals surface area (Å²) in [5, 5.41) is 1.16. The highest BCUT2D eigenvalue weighted by Crippen LogP contribution is 2.19. The van der Waals surface area contributed by atoms with E-state index in [1.54, 1.807) is 17.0 Å². The predicted molar refractivity (Wildman–Crippen MR) is 83.5 cm³/mol. The fourth-order valence-corrected chi connectivity index (χ4v) is 2.69. The minimum absolute atomic E-state index is 0.0269. The third kappa shape index (κ3) is 2.86. The molecule has 0 radical (unpaired) electrons. The number of halogens is 1. The molecule has 0 saturated heterocycles. The van der Waals surface area contributed by atoms with Crippen molar-refractivity contribution in [3.05, 3.63) is 39.4 Å². The average Bonchev–Trinajstić information content (AvgIpc) is 2.38. The van der Waals surface area contributed by atoms with E-state index in [4.69, 9.17) is 11.6 Å². The van der Waals surface area contributed by atoms with Gasteiger partial charge in [0.05, 0.1) is 17.2 Å². The molecule has 0 spiro atoms. The largest absolute Gasteiger partial charge is 0.305 e. The number of rotatable bonds is 4. The van der Waals surface area contributed by atoms with Gasteiger partial charge in [0.1, 0.15) is 0 Å². The van der Waals surface area contributed by atoms with Crippen LogP contribution in [0.3, 0.4) is 0 Å². The van der Waals surface area contributed by atoms with Crippen LogP contribution in [0.4, 0.5) is 0 Å². The van der Waals surface area contributed by atoms with Gasteiger partial charge in [-0.1, -0.05) is 18.5 Å². The van der Waals surface area contributed by atoms with Gasteiger partial charge >= 0.3 is 0 Å². The van der Waals surface area contributed by atoms with Gasteiger partial charge in [-0.25, -0.2) is 4.98 Å². The fourth-order valence-electron chi connectivity index (χ4n) is 2.42. The maximum absolute atomic E-state index is 12.6. The Balaban J connectivity index is 2.52. The van der Waals surface area contributed by atoms with Gasteiger partial charge < -0.3 is 4.90 Å². The van der Waals surface area contributed by atoms with Crippen LogP contribution in [0.2, 0.25) is 5.02 Å². The van der Waals surface area contributed by atoms with Gasteiger partial charge in [0.2, 0.25) is 0 Å². The minimum Gasteiger partial charge on any atom is -0.305 e. The fraction of sp³-hybridized carbons (Fsp3) is 0.467. The molecule has 1 aromatic heterocycles. The first-order valence-corrected chi connectivity index (χ1v) is 7.13. The Hall–Kier alpha value is -1.39. The summed E-state index contributed by atoms with van der Waals surface area (Å²) >= 11 is 6.05. The van der Waals surface area contributed by atoms with Crippen LogP contribution in [0.25, 0.3) is 10.9 Å². The molecule has 20 heavy (non-hydrogen) atoms. The highest BCUT2D eigenvalue weighted by molar-refractivity contribution is 6.31. The first-order chi connectivity index (χ1) is 9.43. The SMILES string of the molecule is CCC(Cn1cnc2c(C)cc(Cl)cc2c1=O)N(C)C. The maximum Gasteiger partial charge on any atom is 0.261 e. The number of likely N-dealkylation sites (N-methyl/N-ethyl adjacent to an activating group) is 1. The van der Waals surface area contributed by atoms with Gasteiger partial charge in [0, 0.05) is 17.6 Å². The van der Waals surface area contributed by atoms with E-state index in [0.29, 0.717) is 23.0 Å². The van der Waals surface area contributed by atoms with Gasteiger partial charge in [-0.15, -0.1) is 0 Å². The van der Waals surface area contributed by atoms with Crippen molar-refractivity contribution in [1.29, 1.82) is 0 Å². The summed E-state index contributed by atoms with van der Waals surface area (Å²) in [6.45, 7) is 4.67. The van der Waals surface area contributed by atoms with Crippen molar-refractivity contribution in [2.75, 3.05) is 14.1 Å². The molecule has 0 saturated carbocycles. The Bertz CT molecular complexity index is 679. The maximum atomic E-state index is 12.6. The molecule has 1 unspecified atom stereocenters. The highest BCUT2D eigenvalue weighted by atomic mass is 35.5. The average molecular weight is 294 g/mol. The third-order valence-electron chi connectivity index (χ3n) is 3.69. The van der Waals surface area contributed by atoms with Crippen molar-refractivity contribution in [1.82, 2.24) is 14.5 Å². The van der Waals surface area contributed by atoms with E-state index in [1.165, 1.54) is 0 Å². The Morgan fingerprint density at radius 1 is 1.40 bits per heavy atom. The minimum atomic E-state index is -0.0269. The summed E-state index contributed by atoms with van der Waals surface area (Å²) in [7, 11) is 4.05. The molecule has 0 N–H and O–H groups in total. The Morgan fingerprint density at radius 3 is 2.70 bits per heavy atom. The van der Waals surface area contributed by atoms with Crippen molar-refractivity contribution in [2.45, 2.75) is 32.9 Å². The molecule has 0 fully saturated rings. The van der Waals surface area contributed by atoms with Crippen molar-refractivity contribution in [3.8, 4) is 0 Å². The van der Waals surface area contributed by atoms with Crippen LogP contribution >= 0.6 is 11.6 Å². The standard InChI is InChI=1S/C15H20ClN3O/c1-5-12(18(3)4)8-19-9-17-14-10(2)6-11(16)7-13(14)15(19)20/h6-7,9,12H,5,8H2,1-4H3. The molecular formula is C15H20ClN3O. The molecule has 1 aromatic carbocycles. The second kappa shape index (κ2) is 5.94. The van der Waals surface area contributed by atoms with Crippen LogP contribution in [-0.4, -0.2) is 34.6 Å². The number of fused-ring (bicyclic) bond motifs is 1. The Kier molecular flexibility index (Phi) is 4.45. The topological polar surface area (TPSA) is 38.1 Å². The van der Waals surface area contributed by atoms with Crippen LogP contribution in [0.5, 0.6) is 0 Å². The normalized spacial score (nSPS) is 13.1. The summed E-state index contributed by atoms with van der Waals surface area (Å²) in [5.74, 6) is 0. The monoisotopic (exact) mass is 293 g/mol. The molecule has 1 atom stereocenters. The van der Waals surface area contributed by atoms with Crippen molar-refractivity contribution < 1.29 is 0 Å². The van der Waals surface area contributed by atoms with E-state index in [0.717, 1.165) is 17.5 Å². The zero-order chi connectivity index (χ0) is 14.9. The third-order valence-corrected chi connectivity index (χ3v) is 3.91. The molecule has 2 aromatic rings. The molecule has 1 heterocycles. The van der Waals surface area contributed by atoms with E-state index in [-0.39, 0.29) is 5.56 Å². The zero-order valence-electron chi connectivity index (χ0n) is 12.4. The highest BCUT2D eigenvalue weighted by Gasteiger charge is 2.13. The van der Waals surface area contributed by atoms with Crippen LogP contribution in [0.1, 0.15) is 18.9 Å². The molecule has 0 amide bonds. The summed E-state index contributed by atoms with van der Waals surface area (Å²) in [6.07, 6.45) is 2.61. The predicted octanol–water partition coefficient (Wildman–Crippen LogP) is 2.70. The summed E-state index contributed by atoms with van der Waals surface area (Å²) < 4.78 is 1.67. The molecular weight excluding hydrogens is 274 g/mol. The summed E-state index contributed by atoms with van der Waals surface area (Å²) in [4.78, 5) is 19.1. The van der Waals surface area contributed by atoms with Crippen molar-refractivity contribution in [2.24, 2.45) is 0 Å². The summed E-state index contributed by atoms with van der Waals surface area (Å²) in [5.41, 5.74) is 1.63. The lowest BCUT2D eigenvalue weighted by atomic mass is 10.1. The molecule has 4 nitrogen and oxygen atoms in total. The lowest BCUT2D eigenvalue weighted by molar-refractivity contribution is 0.255. The van der Waals surface area contributed by atoms with Gasteiger partial charge in [-0.05, 0) is 45.1 Å². The molecule has 108 valence electrons.